The number of anilines is 3. The van der Waals surface area contributed by atoms with Gasteiger partial charge in [-0.05, 0) is 169 Å². The van der Waals surface area contributed by atoms with Crippen molar-refractivity contribution in [2.24, 2.45) is 0 Å². The Labute approximate surface area is 449 Å². The summed E-state index contributed by atoms with van der Waals surface area (Å²) in [5, 5.41) is 5.14. The van der Waals surface area contributed by atoms with Crippen LogP contribution >= 0.6 is 86.3 Å². The fourth-order valence-electron chi connectivity index (χ4n) is 8.95. The van der Waals surface area contributed by atoms with E-state index in [1.54, 1.807) is 0 Å². The predicted octanol–water partition coefficient (Wildman–Crippen LogP) is 20.0. The molecule has 336 valence electrons. The Hall–Kier alpha value is -5.75. The van der Waals surface area contributed by atoms with Gasteiger partial charge in [0.05, 0.1) is 33.4 Å². The van der Waals surface area contributed by atoms with E-state index in [2.05, 4.69) is 319 Å². The average molecular weight is 1260 g/mol. The van der Waals surface area contributed by atoms with Crippen LogP contribution < -0.4 is 4.90 Å². The molecular formula is C61H42Br4IN3. The number of fused-ring (bicyclic) bond motifs is 6. The summed E-state index contributed by atoms with van der Waals surface area (Å²) in [5.41, 5.74) is 13.1. The standard InChI is InChI=1S/C30H20Br2N2.C18H12IN.C13H10Br2/c31-25-14-3-7-18-29(25)34(30-19-8-4-15-26(30)32)22-11-9-10-21(20-22)33-27-16-5-1-12-23(27)24-13-2-6-17-28(24)33;19-13-6-5-7-14(12-13)20-17-10-3-1-8-15(17)16-9-2-4-11-18(16)20;14-12-7-3-1-5-10(12)9-11-6-2-4-8-13(11)15/h1-20H;1-12H;1-8H,9H2. The van der Waals surface area contributed by atoms with Crippen molar-refractivity contribution < 1.29 is 0 Å². The molecule has 10 aromatic carbocycles. The second-order valence-corrected chi connectivity index (χ2v) is 21.0. The molecule has 69 heavy (non-hydrogen) atoms. The van der Waals surface area contributed by atoms with Crippen LogP contribution in [0.4, 0.5) is 17.1 Å². The molecule has 0 fully saturated rings. The van der Waals surface area contributed by atoms with Crippen molar-refractivity contribution in [2.75, 3.05) is 4.90 Å². The van der Waals surface area contributed by atoms with E-state index in [-0.39, 0.29) is 0 Å². The maximum atomic E-state index is 3.78. The van der Waals surface area contributed by atoms with E-state index in [1.807, 2.05) is 24.3 Å². The minimum absolute atomic E-state index is 0.947. The lowest BCUT2D eigenvalue weighted by Crippen LogP contribution is -2.11. The number of aromatic nitrogens is 2. The van der Waals surface area contributed by atoms with E-state index in [1.165, 1.54) is 72.9 Å². The summed E-state index contributed by atoms with van der Waals surface area (Å²) >= 11 is 17.0. The maximum absolute atomic E-state index is 3.78. The zero-order chi connectivity index (χ0) is 47.3. The van der Waals surface area contributed by atoms with Gasteiger partial charge in [-0.15, -0.1) is 0 Å². The molecule has 12 aromatic rings. The summed E-state index contributed by atoms with van der Waals surface area (Å²) in [6.45, 7) is 0. The van der Waals surface area contributed by atoms with Gasteiger partial charge in [0.2, 0.25) is 0 Å². The van der Waals surface area contributed by atoms with Gasteiger partial charge in [0.25, 0.3) is 0 Å². The molecule has 0 amide bonds. The highest BCUT2D eigenvalue weighted by Crippen LogP contribution is 2.43. The van der Waals surface area contributed by atoms with E-state index in [4.69, 9.17) is 0 Å². The van der Waals surface area contributed by atoms with Crippen LogP contribution in [0.1, 0.15) is 11.1 Å². The van der Waals surface area contributed by atoms with E-state index in [9.17, 15) is 0 Å². The molecular weight excluding hydrogens is 1220 g/mol. The van der Waals surface area contributed by atoms with E-state index >= 15 is 0 Å². The summed E-state index contributed by atoms with van der Waals surface area (Å²) in [4.78, 5) is 2.28. The quantitative estimate of drug-likeness (QED) is 0.145. The van der Waals surface area contributed by atoms with Crippen LogP contribution in [0.3, 0.4) is 0 Å². The van der Waals surface area contributed by atoms with Crippen molar-refractivity contribution in [3.05, 3.63) is 275 Å². The molecule has 2 aromatic heterocycles. The van der Waals surface area contributed by atoms with Gasteiger partial charge in [0.15, 0.2) is 0 Å². The summed E-state index contributed by atoms with van der Waals surface area (Å²) in [5.74, 6) is 0. The third-order valence-corrected chi connectivity index (χ3v) is 15.6. The van der Waals surface area contributed by atoms with Crippen molar-refractivity contribution in [1.82, 2.24) is 9.13 Å². The first kappa shape index (κ1) is 47.0. The molecule has 0 bridgehead atoms. The highest BCUT2D eigenvalue weighted by Gasteiger charge is 2.19. The van der Waals surface area contributed by atoms with Crippen molar-refractivity contribution in [3.8, 4) is 11.4 Å². The van der Waals surface area contributed by atoms with Gasteiger partial charge < -0.3 is 14.0 Å². The number of nitrogens with zero attached hydrogens (tertiary/aromatic N) is 3. The van der Waals surface area contributed by atoms with Gasteiger partial charge in [0.1, 0.15) is 0 Å². The number of benzene rings is 10. The number of hydrogen-bond acceptors (Lipinski definition) is 1. The first-order valence-corrected chi connectivity index (χ1v) is 26.7. The molecule has 2 heterocycles. The molecule has 0 unspecified atom stereocenters. The summed E-state index contributed by atoms with van der Waals surface area (Å²) in [6, 6.07) is 85.1. The van der Waals surface area contributed by atoms with Gasteiger partial charge in [-0.1, -0.05) is 177 Å². The molecule has 0 aliphatic rings. The van der Waals surface area contributed by atoms with Crippen molar-refractivity contribution in [3.63, 3.8) is 0 Å². The SMILES string of the molecule is Brc1ccccc1Cc1ccccc1Br.Brc1ccccc1N(c1cccc(-n2c3ccccc3c3ccccc32)c1)c1ccccc1Br.Ic1cccc(-n2c3ccccc3c3ccccc32)c1. The molecule has 0 spiro atoms. The van der Waals surface area contributed by atoms with Gasteiger partial charge in [-0.25, -0.2) is 0 Å². The minimum atomic E-state index is 0.947. The Bertz CT molecular complexity index is 3570. The van der Waals surface area contributed by atoms with Crippen LogP contribution in [-0.2, 0) is 6.42 Å². The monoisotopic (exact) mass is 1260 g/mol. The summed E-state index contributed by atoms with van der Waals surface area (Å²) < 4.78 is 10.4. The van der Waals surface area contributed by atoms with Gasteiger partial charge in [-0.3, -0.25) is 0 Å². The molecule has 0 saturated carbocycles. The van der Waals surface area contributed by atoms with Crippen LogP contribution in [-0.4, -0.2) is 9.13 Å². The van der Waals surface area contributed by atoms with Crippen molar-refractivity contribution in [1.29, 1.82) is 0 Å². The van der Waals surface area contributed by atoms with Gasteiger partial charge >= 0.3 is 0 Å². The van der Waals surface area contributed by atoms with Crippen LogP contribution in [0.5, 0.6) is 0 Å². The minimum Gasteiger partial charge on any atom is -0.309 e. The number of rotatable bonds is 7. The maximum Gasteiger partial charge on any atom is 0.0604 e. The normalized spacial score (nSPS) is 11.0. The molecule has 12 rings (SSSR count). The van der Waals surface area contributed by atoms with E-state index in [0.29, 0.717) is 0 Å². The fourth-order valence-corrected chi connectivity index (χ4v) is 11.3. The fraction of sp³-hybridized carbons (Fsp3) is 0.0164. The molecule has 0 radical (unpaired) electrons. The first-order chi connectivity index (χ1) is 33.8. The second-order valence-electron chi connectivity index (χ2n) is 16.3. The molecule has 0 N–H and O–H groups in total. The molecule has 0 aliphatic carbocycles. The van der Waals surface area contributed by atoms with E-state index < -0.39 is 0 Å². The smallest absolute Gasteiger partial charge is 0.0604 e. The summed E-state index contributed by atoms with van der Waals surface area (Å²) in [7, 11) is 0. The first-order valence-electron chi connectivity index (χ1n) is 22.4. The average Bonchev–Trinajstić information content (AvgIpc) is 3.90. The molecule has 8 heteroatoms. The zero-order valence-electron chi connectivity index (χ0n) is 37.0. The third-order valence-electron chi connectivity index (χ3n) is 12.1. The largest absolute Gasteiger partial charge is 0.309 e. The highest BCUT2D eigenvalue weighted by atomic mass is 127. The molecule has 0 saturated heterocycles. The van der Waals surface area contributed by atoms with E-state index in [0.717, 1.165) is 38.1 Å². The Morgan fingerprint density at radius 2 is 0.681 bits per heavy atom. The Balaban J connectivity index is 0.000000133. The second kappa shape index (κ2) is 21.5. The third kappa shape index (κ3) is 10.0. The van der Waals surface area contributed by atoms with Crippen molar-refractivity contribution in [2.45, 2.75) is 6.42 Å². The number of hydrogen-bond donors (Lipinski definition) is 0. The number of halogens is 5. The lowest BCUT2D eigenvalue weighted by Gasteiger charge is -2.28. The van der Waals surface area contributed by atoms with Crippen LogP contribution in [0.2, 0.25) is 0 Å². The van der Waals surface area contributed by atoms with Gasteiger partial charge in [0, 0.05) is 60.1 Å². The van der Waals surface area contributed by atoms with Crippen LogP contribution in [0.25, 0.3) is 55.0 Å². The van der Waals surface area contributed by atoms with Gasteiger partial charge in [-0.2, -0.15) is 0 Å². The zero-order valence-corrected chi connectivity index (χ0v) is 45.5. The Kier molecular flexibility index (Phi) is 14.6. The lowest BCUT2D eigenvalue weighted by atomic mass is 10.1. The molecule has 3 nitrogen and oxygen atoms in total. The highest BCUT2D eigenvalue weighted by molar-refractivity contribution is 14.1. The predicted molar refractivity (Wildman–Crippen MR) is 315 cm³/mol. The van der Waals surface area contributed by atoms with Crippen LogP contribution in [0.15, 0.2) is 261 Å². The lowest BCUT2D eigenvalue weighted by molar-refractivity contribution is 1.17. The molecule has 0 aliphatic heterocycles. The number of para-hydroxylation sites is 6. The Morgan fingerprint density at radius 1 is 0.333 bits per heavy atom. The van der Waals surface area contributed by atoms with Crippen molar-refractivity contribution >= 4 is 147 Å². The van der Waals surface area contributed by atoms with Crippen LogP contribution in [0, 0.1) is 3.57 Å². The Morgan fingerprint density at radius 3 is 1.09 bits per heavy atom. The summed E-state index contributed by atoms with van der Waals surface area (Å²) in [6.07, 6.45) is 0.947. The topological polar surface area (TPSA) is 13.1 Å². The molecule has 0 atom stereocenters.